The van der Waals surface area contributed by atoms with Crippen molar-refractivity contribution in [3.8, 4) is 17.5 Å². The van der Waals surface area contributed by atoms with Crippen LogP contribution >= 0.6 is 0 Å². The van der Waals surface area contributed by atoms with E-state index in [9.17, 15) is 10.1 Å². The summed E-state index contributed by atoms with van der Waals surface area (Å²) in [5, 5.41) is 31.3. The van der Waals surface area contributed by atoms with E-state index in [1.54, 1.807) is 30.3 Å². The highest BCUT2D eigenvalue weighted by Crippen LogP contribution is 2.14. The number of nitrogens with zero attached hydrogens (tertiary/aromatic N) is 4. The molecule has 2 rings (SSSR count). The molecule has 1 aromatic heterocycles. The maximum Gasteiger partial charge on any atom is 0.390 e. The molecule has 20 heavy (non-hydrogen) atoms. The zero-order valence-corrected chi connectivity index (χ0v) is 10.4. The average Bonchev–Trinajstić information content (AvgIpc) is 2.47. The van der Waals surface area contributed by atoms with Crippen LogP contribution < -0.4 is 10.2 Å². The number of hydrogen-bond donors (Lipinski definition) is 1. The quantitative estimate of drug-likeness (QED) is 0.663. The molecular formula is C12H9N5O3. The SMILES string of the molecule is COc1ccc(-n2nc([N+](=O)[O-])cc(C#N)c2=N)cc1. The third kappa shape index (κ3) is 2.32. The molecule has 0 aliphatic carbocycles. The fourth-order valence-corrected chi connectivity index (χ4v) is 1.58. The molecule has 100 valence electrons. The smallest absolute Gasteiger partial charge is 0.390 e. The summed E-state index contributed by atoms with van der Waals surface area (Å²) < 4.78 is 6.04. The van der Waals surface area contributed by atoms with Crippen molar-refractivity contribution in [1.82, 2.24) is 9.78 Å². The minimum absolute atomic E-state index is 0.123. The highest BCUT2D eigenvalue weighted by atomic mass is 16.6. The maximum atomic E-state index is 10.8. The van der Waals surface area contributed by atoms with Crippen molar-refractivity contribution < 1.29 is 9.66 Å². The summed E-state index contributed by atoms with van der Waals surface area (Å²) in [5.41, 5.74) is 0.0850. The predicted molar refractivity (Wildman–Crippen MR) is 67.3 cm³/mol. The monoisotopic (exact) mass is 271 g/mol. The predicted octanol–water partition coefficient (Wildman–Crippen LogP) is 1.14. The third-order valence-corrected chi connectivity index (χ3v) is 2.57. The van der Waals surface area contributed by atoms with Gasteiger partial charge in [0.25, 0.3) is 0 Å². The van der Waals surface area contributed by atoms with Crippen molar-refractivity contribution in [2.75, 3.05) is 7.11 Å². The van der Waals surface area contributed by atoms with E-state index >= 15 is 0 Å². The molecule has 8 nitrogen and oxygen atoms in total. The molecule has 2 aromatic rings. The first kappa shape index (κ1) is 13.2. The number of methoxy groups -OCH3 is 1. The van der Waals surface area contributed by atoms with Crippen LogP contribution in [0, 0.1) is 26.9 Å². The Morgan fingerprint density at radius 3 is 2.60 bits per heavy atom. The Hall–Kier alpha value is -3.21. The first-order chi connectivity index (χ1) is 9.56. The van der Waals surface area contributed by atoms with Crippen LogP contribution in [0.15, 0.2) is 30.3 Å². The van der Waals surface area contributed by atoms with Gasteiger partial charge in [-0.1, -0.05) is 0 Å². The van der Waals surface area contributed by atoms with Gasteiger partial charge in [0.1, 0.15) is 17.4 Å². The van der Waals surface area contributed by atoms with Gasteiger partial charge in [0.15, 0.2) is 5.49 Å². The van der Waals surface area contributed by atoms with E-state index in [-0.39, 0.29) is 11.1 Å². The maximum absolute atomic E-state index is 10.8. The van der Waals surface area contributed by atoms with E-state index < -0.39 is 10.7 Å². The van der Waals surface area contributed by atoms with Crippen molar-refractivity contribution in [2.24, 2.45) is 0 Å². The van der Waals surface area contributed by atoms with Crippen LogP contribution in [0.4, 0.5) is 5.82 Å². The van der Waals surface area contributed by atoms with Gasteiger partial charge in [0.05, 0.1) is 24.0 Å². The third-order valence-electron chi connectivity index (χ3n) is 2.57. The molecule has 1 N–H and O–H groups in total. The second-order valence-electron chi connectivity index (χ2n) is 3.74. The topological polar surface area (TPSA) is 118 Å². The molecule has 0 aliphatic rings. The van der Waals surface area contributed by atoms with E-state index in [0.717, 1.165) is 10.7 Å². The van der Waals surface area contributed by atoms with Crippen molar-refractivity contribution in [3.63, 3.8) is 0 Å². The number of nitrogens with one attached hydrogen (secondary N) is 1. The first-order valence-corrected chi connectivity index (χ1v) is 5.44. The van der Waals surface area contributed by atoms with Crippen LogP contribution in [0.5, 0.6) is 5.75 Å². The van der Waals surface area contributed by atoms with Crippen molar-refractivity contribution in [3.05, 3.63) is 51.5 Å². The molecule has 0 radical (unpaired) electrons. The molecule has 0 fully saturated rings. The molecule has 8 heteroatoms. The van der Waals surface area contributed by atoms with Gasteiger partial charge in [-0.05, 0) is 29.2 Å². The summed E-state index contributed by atoms with van der Waals surface area (Å²) in [6.07, 6.45) is 0. The van der Waals surface area contributed by atoms with Crippen LogP contribution in [0.1, 0.15) is 5.56 Å². The summed E-state index contributed by atoms with van der Waals surface area (Å²) in [6, 6.07) is 9.17. The Balaban J connectivity index is 2.66. The van der Waals surface area contributed by atoms with Gasteiger partial charge < -0.3 is 14.9 Å². The van der Waals surface area contributed by atoms with Gasteiger partial charge in [-0.3, -0.25) is 5.41 Å². The number of aromatic nitrogens is 2. The lowest BCUT2D eigenvalue weighted by Gasteiger charge is -2.04. The molecule has 0 unspecified atom stereocenters. The lowest BCUT2D eigenvalue weighted by atomic mass is 10.2. The lowest BCUT2D eigenvalue weighted by molar-refractivity contribution is -0.390. The van der Waals surface area contributed by atoms with Crippen molar-refractivity contribution >= 4 is 5.82 Å². The highest BCUT2D eigenvalue weighted by molar-refractivity contribution is 5.40. The van der Waals surface area contributed by atoms with Crippen LogP contribution in [-0.4, -0.2) is 21.8 Å². The van der Waals surface area contributed by atoms with Gasteiger partial charge in [0, 0.05) is 0 Å². The average molecular weight is 271 g/mol. The zero-order chi connectivity index (χ0) is 14.7. The molecule has 0 bridgehead atoms. The first-order valence-electron chi connectivity index (χ1n) is 5.44. The summed E-state index contributed by atoms with van der Waals surface area (Å²) >= 11 is 0. The van der Waals surface area contributed by atoms with Crippen molar-refractivity contribution in [1.29, 1.82) is 10.7 Å². The molecule has 1 heterocycles. The van der Waals surface area contributed by atoms with Crippen LogP contribution in [0.25, 0.3) is 5.69 Å². The van der Waals surface area contributed by atoms with Gasteiger partial charge in [-0.25, -0.2) is 0 Å². The lowest BCUT2D eigenvalue weighted by Crippen LogP contribution is -2.24. The fraction of sp³-hybridized carbons (Fsp3) is 0.0833. The Bertz CT molecular complexity index is 758. The second kappa shape index (κ2) is 5.19. The Labute approximate surface area is 113 Å². The van der Waals surface area contributed by atoms with Crippen LogP contribution in [-0.2, 0) is 0 Å². The Morgan fingerprint density at radius 2 is 2.10 bits per heavy atom. The summed E-state index contributed by atoms with van der Waals surface area (Å²) in [4.78, 5) is 10.1. The van der Waals surface area contributed by atoms with E-state index in [0.29, 0.717) is 11.4 Å². The van der Waals surface area contributed by atoms with Crippen molar-refractivity contribution in [2.45, 2.75) is 0 Å². The molecule has 0 atom stereocenters. The van der Waals surface area contributed by atoms with E-state index in [1.165, 1.54) is 7.11 Å². The van der Waals surface area contributed by atoms with Crippen LogP contribution in [0.3, 0.4) is 0 Å². The molecule has 0 saturated heterocycles. The summed E-state index contributed by atoms with van der Waals surface area (Å²) in [6.45, 7) is 0. The molecule has 0 saturated carbocycles. The van der Waals surface area contributed by atoms with Gasteiger partial charge in [-0.2, -0.15) is 5.26 Å². The molecule has 0 spiro atoms. The second-order valence-corrected chi connectivity index (χ2v) is 3.74. The summed E-state index contributed by atoms with van der Waals surface area (Å²) in [5.74, 6) is 0.111. The number of rotatable bonds is 3. The number of nitriles is 1. The normalized spacial score (nSPS) is 9.80. The number of hydrogen-bond acceptors (Lipinski definition) is 6. The van der Waals surface area contributed by atoms with E-state index in [1.807, 2.05) is 0 Å². The Morgan fingerprint density at radius 1 is 1.45 bits per heavy atom. The summed E-state index contributed by atoms with van der Waals surface area (Å²) in [7, 11) is 1.51. The minimum Gasteiger partial charge on any atom is -0.497 e. The molecule has 0 amide bonds. The van der Waals surface area contributed by atoms with Gasteiger partial charge in [-0.15, -0.1) is 4.68 Å². The zero-order valence-electron chi connectivity index (χ0n) is 10.4. The molecular weight excluding hydrogens is 262 g/mol. The molecule has 1 aromatic carbocycles. The van der Waals surface area contributed by atoms with Gasteiger partial charge >= 0.3 is 5.82 Å². The van der Waals surface area contributed by atoms with E-state index in [4.69, 9.17) is 15.4 Å². The largest absolute Gasteiger partial charge is 0.497 e. The fourth-order valence-electron chi connectivity index (χ4n) is 1.58. The minimum atomic E-state index is -0.708. The number of benzene rings is 1. The Kier molecular flexibility index (Phi) is 3.43. The standard InChI is InChI=1S/C12H9N5O3/c1-20-10-4-2-9(3-5-10)16-12(14)8(7-13)6-11(15-16)17(18)19/h2-6,14H,1H3. The number of nitro groups is 1. The van der Waals surface area contributed by atoms with Gasteiger partial charge in [0.2, 0.25) is 0 Å². The molecule has 0 aliphatic heterocycles. The number of ether oxygens (including phenoxy) is 1. The van der Waals surface area contributed by atoms with Crippen LogP contribution in [0.2, 0.25) is 0 Å². The van der Waals surface area contributed by atoms with E-state index in [2.05, 4.69) is 5.10 Å². The highest BCUT2D eigenvalue weighted by Gasteiger charge is 2.16.